The third kappa shape index (κ3) is 3.78. The number of aromatic nitrogens is 4. The van der Waals surface area contributed by atoms with E-state index in [1.807, 2.05) is 78.5 Å². The predicted molar refractivity (Wildman–Crippen MR) is 127 cm³/mol. The van der Waals surface area contributed by atoms with Crippen molar-refractivity contribution in [3.63, 3.8) is 0 Å². The van der Waals surface area contributed by atoms with Crippen molar-refractivity contribution in [3.05, 3.63) is 95.7 Å². The van der Waals surface area contributed by atoms with Crippen molar-refractivity contribution in [3.8, 4) is 11.4 Å². The third-order valence-corrected chi connectivity index (χ3v) is 5.67. The normalized spacial score (nSPS) is 11.2. The zero-order chi connectivity index (χ0) is 23.1. The number of para-hydroxylation sites is 1. The quantitative estimate of drug-likeness (QED) is 0.389. The lowest BCUT2D eigenvalue weighted by Gasteiger charge is -2.11. The Balaban J connectivity index is 1.42. The molecule has 2 aliphatic heterocycles. The van der Waals surface area contributed by atoms with Gasteiger partial charge in [0.25, 0.3) is 0 Å². The predicted octanol–water partition coefficient (Wildman–Crippen LogP) is 4.46. The molecule has 0 bridgehead atoms. The lowest BCUT2D eigenvalue weighted by molar-refractivity contribution is 0.104. The van der Waals surface area contributed by atoms with E-state index in [1.54, 1.807) is 20.3 Å². The van der Waals surface area contributed by atoms with Gasteiger partial charge in [0.1, 0.15) is 11.5 Å². The molecule has 3 heterocycles. The van der Waals surface area contributed by atoms with Crippen LogP contribution >= 0.6 is 0 Å². The summed E-state index contributed by atoms with van der Waals surface area (Å²) in [5.41, 5.74) is 4.63. The SMILES string of the molecule is Cc1nc2ccn(Cc3ccc(C(=O)c4cn(C(=O)N(C)C)c5ccccc45)cc3)cc-2n1. The summed E-state index contributed by atoms with van der Waals surface area (Å²) in [6.07, 6.45) is 5.59. The number of rotatable bonds is 4. The van der Waals surface area contributed by atoms with Crippen LogP contribution in [0, 0.1) is 6.92 Å². The highest BCUT2D eigenvalue weighted by molar-refractivity contribution is 6.17. The van der Waals surface area contributed by atoms with Crippen molar-refractivity contribution in [1.29, 1.82) is 0 Å². The van der Waals surface area contributed by atoms with E-state index in [4.69, 9.17) is 0 Å². The Labute approximate surface area is 191 Å². The molecule has 7 heteroatoms. The largest absolute Gasteiger partial charge is 0.348 e. The first-order valence-corrected chi connectivity index (χ1v) is 10.7. The van der Waals surface area contributed by atoms with Gasteiger partial charge in [0.15, 0.2) is 5.78 Å². The first-order chi connectivity index (χ1) is 15.9. The topological polar surface area (TPSA) is 73.0 Å². The van der Waals surface area contributed by atoms with Crippen molar-refractivity contribution >= 4 is 22.7 Å². The Kier molecular flexibility index (Phi) is 5.01. The number of pyridine rings is 1. The van der Waals surface area contributed by atoms with Gasteiger partial charge in [0.05, 0.1) is 11.2 Å². The number of hydrogen-bond donors (Lipinski definition) is 0. The summed E-state index contributed by atoms with van der Waals surface area (Å²) in [5.74, 6) is 0.652. The molecule has 2 aliphatic rings. The van der Waals surface area contributed by atoms with Crippen LogP contribution in [0.5, 0.6) is 0 Å². The summed E-state index contributed by atoms with van der Waals surface area (Å²) in [5, 5.41) is 0.761. The molecule has 5 rings (SSSR count). The van der Waals surface area contributed by atoms with Gasteiger partial charge in [-0.3, -0.25) is 9.36 Å². The standard InChI is InChI=1S/C26H23N5O2/c1-17-27-22-12-13-30(16-23(22)28-17)14-18-8-10-19(11-9-18)25(32)21-15-31(26(33)29(2)3)24-7-5-4-6-20(21)24/h4-13,15-16H,14H2,1-3H3. The molecule has 1 aromatic heterocycles. The number of ketones is 1. The molecule has 164 valence electrons. The van der Waals surface area contributed by atoms with Gasteiger partial charge >= 0.3 is 6.03 Å². The van der Waals surface area contributed by atoms with Gasteiger partial charge in [0.2, 0.25) is 0 Å². The summed E-state index contributed by atoms with van der Waals surface area (Å²) in [7, 11) is 3.39. The number of aryl methyl sites for hydroxylation is 1. The molecule has 0 aliphatic carbocycles. The average molecular weight is 438 g/mol. The number of fused-ring (bicyclic) bond motifs is 2. The fourth-order valence-electron chi connectivity index (χ4n) is 4.03. The Hall–Kier alpha value is -4.26. The first kappa shape index (κ1) is 20.6. The Morgan fingerprint density at radius 1 is 0.909 bits per heavy atom. The van der Waals surface area contributed by atoms with Gasteiger partial charge in [0, 0.05) is 55.7 Å². The number of carbonyl (C=O) groups excluding carboxylic acids is 2. The van der Waals surface area contributed by atoms with Crippen LogP contribution < -0.4 is 0 Å². The molecule has 0 atom stereocenters. The maximum atomic E-state index is 13.3. The average Bonchev–Trinajstić information content (AvgIpc) is 3.38. The van der Waals surface area contributed by atoms with Gasteiger partial charge in [-0.1, -0.05) is 42.5 Å². The van der Waals surface area contributed by atoms with Crippen molar-refractivity contribution in [1.82, 2.24) is 24.0 Å². The molecule has 0 spiro atoms. The summed E-state index contributed by atoms with van der Waals surface area (Å²) >= 11 is 0. The monoisotopic (exact) mass is 437 g/mol. The molecule has 0 saturated heterocycles. The van der Waals surface area contributed by atoms with Crippen molar-refractivity contribution < 1.29 is 9.59 Å². The molecule has 33 heavy (non-hydrogen) atoms. The molecule has 0 N–H and O–H groups in total. The number of nitrogens with zero attached hydrogens (tertiary/aromatic N) is 5. The minimum atomic E-state index is -0.195. The van der Waals surface area contributed by atoms with Crippen LogP contribution in [-0.4, -0.2) is 49.9 Å². The summed E-state index contributed by atoms with van der Waals surface area (Å²) in [6, 6.07) is 16.8. The highest BCUT2D eigenvalue weighted by Gasteiger charge is 2.20. The third-order valence-electron chi connectivity index (χ3n) is 5.67. The maximum Gasteiger partial charge on any atom is 0.328 e. The molecule has 7 nitrogen and oxygen atoms in total. The lowest BCUT2D eigenvalue weighted by Crippen LogP contribution is -2.26. The van der Waals surface area contributed by atoms with Crippen LogP contribution in [0.3, 0.4) is 0 Å². The second-order valence-electron chi connectivity index (χ2n) is 8.29. The molecule has 0 fully saturated rings. The van der Waals surface area contributed by atoms with Crippen molar-refractivity contribution in [2.24, 2.45) is 0 Å². The second kappa shape index (κ2) is 8.02. The first-order valence-electron chi connectivity index (χ1n) is 10.7. The van der Waals surface area contributed by atoms with E-state index in [-0.39, 0.29) is 11.8 Å². The highest BCUT2D eigenvalue weighted by Crippen LogP contribution is 2.25. The van der Waals surface area contributed by atoms with Crippen LogP contribution in [0.25, 0.3) is 22.3 Å². The Bertz CT molecular complexity index is 1460. The Morgan fingerprint density at radius 2 is 1.64 bits per heavy atom. The van der Waals surface area contributed by atoms with Crippen LogP contribution in [0.15, 0.2) is 73.2 Å². The molecule has 0 unspecified atom stereocenters. The Morgan fingerprint density at radius 3 is 2.39 bits per heavy atom. The number of hydrogen-bond acceptors (Lipinski definition) is 4. The van der Waals surface area contributed by atoms with Gasteiger partial charge in [-0.15, -0.1) is 0 Å². The number of benzene rings is 2. The summed E-state index contributed by atoms with van der Waals surface area (Å²) in [4.78, 5) is 36.2. The highest BCUT2D eigenvalue weighted by atomic mass is 16.2. The van der Waals surface area contributed by atoms with E-state index >= 15 is 0 Å². The van der Waals surface area contributed by atoms with E-state index in [1.165, 1.54) is 9.47 Å². The van der Waals surface area contributed by atoms with Crippen LogP contribution in [0.2, 0.25) is 0 Å². The molecular formula is C26H23N5O2. The van der Waals surface area contributed by atoms with E-state index in [0.717, 1.165) is 28.2 Å². The number of amides is 1. The molecule has 2 aromatic carbocycles. The lowest BCUT2D eigenvalue weighted by atomic mass is 10.0. The zero-order valence-electron chi connectivity index (χ0n) is 18.7. The van der Waals surface area contributed by atoms with Gasteiger partial charge < -0.3 is 9.47 Å². The molecular weight excluding hydrogens is 414 g/mol. The fourth-order valence-corrected chi connectivity index (χ4v) is 4.03. The van der Waals surface area contributed by atoms with Gasteiger partial charge in [-0.05, 0) is 24.6 Å². The van der Waals surface area contributed by atoms with E-state index in [2.05, 4.69) is 9.97 Å². The van der Waals surface area contributed by atoms with Crippen molar-refractivity contribution in [2.75, 3.05) is 14.1 Å². The molecule has 0 radical (unpaired) electrons. The second-order valence-corrected chi connectivity index (χ2v) is 8.29. The molecule has 0 saturated carbocycles. The smallest absolute Gasteiger partial charge is 0.328 e. The number of carbonyl (C=O) groups is 2. The molecule has 3 aromatic rings. The van der Waals surface area contributed by atoms with Crippen molar-refractivity contribution in [2.45, 2.75) is 13.5 Å². The minimum Gasteiger partial charge on any atom is -0.348 e. The van der Waals surface area contributed by atoms with Gasteiger partial charge in [-0.25, -0.2) is 14.8 Å². The van der Waals surface area contributed by atoms with Crippen LogP contribution in [0.4, 0.5) is 4.79 Å². The van der Waals surface area contributed by atoms with Gasteiger partial charge in [-0.2, -0.15) is 0 Å². The van der Waals surface area contributed by atoms with Crippen LogP contribution in [0.1, 0.15) is 27.3 Å². The number of imidazole rings is 1. The summed E-state index contributed by atoms with van der Waals surface area (Å²) in [6.45, 7) is 2.54. The van der Waals surface area contributed by atoms with E-state index < -0.39 is 0 Å². The van der Waals surface area contributed by atoms with E-state index in [9.17, 15) is 9.59 Å². The van der Waals surface area contributed by atoms with Crippen LogP contribution in [-0.2, 0) is 6.54 Å². The minimum absolute atomic E-state index is 0.111. The zero-order valence-corrected chi connectivity index (χ0v) is 18.7. The summed E-state index contributed by atoms with van der Waals surface area (Å²) < 4.78 is 3.58. The van der Waals surface area contributed by atoms with E-state index in [0.29, 0.717) is 23.2 Å². The fraction of sp³-hybridized carbons (Fsp3) is 0.154. The molecule has 1 amide bonds. The maximum absolute atomic E-state index is 13.3.